The summed E-state index contributed by atoms with van der Waals surface area (Å²) in [5.74, 6) is 1.18. The third-order valence-electron chi connectivity index (χ3n) is 1.96. The Kier molecular flexibility index (Phi) is 3.66. The minimum absolute atomic E-state index is 0.334. The van der Waals surface area contributed by atoms with Crippen LogP contribution in [0.5, 0.6) is 17.5 Å². The number of halogens is 2. The van der Waals surface area contributed by atoms with Crippen molar-refractivity contribution in [3.05, 3.63) is 40.6 Å². The Morgan fingerprint density at radius 3 is 2.65 bits per heavy atom. The lowest BCUT2D eigenvalue weighted by atomic mass is 10.3. The van der Waals surface area contributed by atoms with Crippen LogP contribution >= 0.6 is 23.2 Å². The van der Waals surface area contributed by atoms with Gasteiger partial charge in [0.05, 0.1) is 18.2 Å². The van der Waals surface area contributed by atoms with Gasteiger partial charge >= 0.3 is 0 Å². The second-order valence-electron chi connectivity index (χ2n) is 3.05. The molecule has 0 radical (unpaired) electrons. The topological polar surface area (TPSA) is 44.2 Å². The molecule has 0 aliphatic rings. The van der Waals surface area contributed by atoms with Gasteiger partial charge in [0, 0.05) is 0 Å². The van der Waals surface area contributed by atoms with Crippen LogP contribution in [0.2, 0.25) is 10.0 Å². The van der Waals surface area contributed by atoms with Crippen molar-refractivity contribution in [1.82, 2.24) is 9.97 Å². The minimum Gasteiger partial charge on any atom is -0.481 e. The van der Waals surface area contributed by atoms with Gasteiger partial charge in [0.2, 0.25) is 11.8 Å². The van der Waals surface area contributed by atoms with E-state index in [0.717, 1.165) is 0 Å². The summed E-state index contributed by atoms with van der Waals surface area (Å²) in [6.07, 6.45) is 1.34. The summed E-state index contributed by atoms with van der Waals surface area (Å²) < 4.78 is 10.4. The largest absolute Gasteiger partial charge is 0.481 e. The summed E-state index contributed by atoms with van der Waals surface area (Å²) in [5, 5.41) is 0.761. The second-order valence-corrected chi connectivity index (χ2v) is 3.84. The number of rotatable bonds is 3. The van der Waals surface area contributed by atoms with Gasteiger partial charge in [-0.25, -0.2) is 9.97 Å². The second kappa shape index (κ2) is 5.21. The fraction of sp³-hybridized carbons (Fsp3) is 0.0909. The number of hydrogen-bond acceptors (Lipinski definition) is 4. The van der Waals surface area contributed by atoms with Gasteiger partial charge in [0.1, 0.15) is 17.1 Å². The fourth-order valence-corrected chi connectivity index (χ4v) is 1.50. The summed E-state index contributed by atoms with van der Waals surface area (Å²) in [4.78, 5) is 7.81. The summed E-state index contributed by atoms with van der Waals surface area (Å²) in [5.41, 5.74) is 0. The van der Waals surface area contributed by atoms with Crippen LogP contribution in [-0.2, 0) is 0 Å². The SMILES string of the molecule is COc1cc(Oc2cccc(Cl)c2Cl)ncn1. The fourth-order valence-electron chi connectivity index (χ4n) is 1.17. The molecule has 0 spiro atoms. The Morgan fingerprint density at radius 2 is 1.88 bits per heavy atom. The lowest BCUT2D eigenvalue weighted by Crippen LogP contribution is -1.92. The third-order valence-corrected chi connectivity index (χ3v) is 2.76. The smallest absolute Gasteiger partial charge is 0.226 e. The Morgan fingerprint density at radius 1 is 1.12 bits per heavy atom. The molecule has 0 amide bonds. The van der Waals surface area contributed by atoms with Crippen LogP contribution in [0.4, 0.5) is 0 Å². The summed E-state index contributed by atoms with van der Waals surface area (Å²) in [7, 11) is 1.51. The van der Waals surface area contributed by atoms with Crippen LogP contribution in [0.1, 0.15) is 0 Å². The van der Waals surface area contributed by atoms with Crippen molar-refractivity contribution >= 4 is 23.2 Å². The van der Waals surface area contributed by atoms with E-state index in [1.165, 1.54) is 13.4 Å². The van der Waals surface area contributed by atoms with Crippen LogP contribution in [0.25, 0.3) is 0 Å². The van der Waals surface area contributed by atoms with Gasteiger partial charge in [0.15, 0.2) is 0 Å². The first-order chi connectivity index (χ1) is 8.20. The van der Waals surface area contributed by atoms with E-state index in [9.17, 15) is 0 Å². The van der Waals surface area contributed by atoms with E-state index in [0.29, 0.717) is 27.6 Å². The highest BCUT2D eigenvalue weighted by Gasteiger charge is 2.08. The summed E-state index contributed by atoms with van der Waals surface area (Å²) in [6, 6.07) is 6.67. The third kappa shape index (κ3) is 2.78. The maximum absolute atomic E-state index is 5.99. The van der Waals surface area contributed by atoms with Gasteiger partial charge in [-0.15, -0.1) is 0 Å². The molecule has 0 aliphatic carbocycles. The normalized spacial score (nSPS) is 10.1. The van der Waals surface area contributed by atoms with Crippen molar-refractivity contribution in [3.63, 3.8) is 0 Å². The van der Waals surface area contributed by atoms with Crippen LogP contribution in [0.3, 0.4) is 0 Å². The Labute approximate surface area is 108 Å². The highest BCUT2D eigenvalue weighted by atomic mass is 35.5. The van der Waals surface area contributed by atoms with E-state index in [-0.39, 0.29) is 0 Å². The van der Waals surface area contributed by atoms with Crippen molar-refractivity contribution in [2.45, 2.75) is 0 Å². The molecule has 0 bridgehead atoms. The molecule has 6 heteroatoms. The molecule has 0 saturated heterocycles. The number of hydrogen-bond donors (Lipinski definition) is 0. The number of nitrogens with zero attached hydrogens (tertiary/aromatic N) is 2. The molecule has 1 aromatic heterocycles. The monoisotopic (exact) mass is 270 g/mol. The van der Waals surface area contributed by atoms with E-state index < -0.39 is 0 Å². The van der Waals surface area contributed by atoms with E-state index >= 15 is 0 Å². The average molecular weight is 271 g/mol. The van der Waals surface area contributed by atoms with Gasteiger partial charge in [-0.2, -0.15) is 0 Å². The predicted octanol–water partition coefficient (Wildman–Crippen LogP) is 3.58. The van der Waals surface area contributed by atoms with Crippen molar-refractivity contribution in [2.24, 2.45) is 0 Å². The van der Waals surface area contributed by atoms with E-state index in [1.54, 1.807) is 24.3 Å². The molecule has 0 unspecified atom stereocenters. The summed E-state index contributed by atoms with van der Waals surface area (Å²) >= 11 is 11.9. The van der Waals surface area contributed by atoms with Crippen molar-refractivity contribution < 1.29 is 9.47 Å². The van der Waals surface area contributed by atoms with E-state index in [4.69, 9.17) is 32.7 Å². The molecule has 1 heterocycles. The van der Waals surface area contributed by atoms with Gasteiger partial charge in [-0.05, 0) is 12.1 Å². The lowest BCUT2D eigenvalue weighted by Gasteiger charge is -2.07. The number of benzene rings is 1. The molecule has 4 nitrogen and oxygen atoms in total. The molecule has 0 saturated carbocycles. The molecule has 0 fully saturated rings. The zero-order valence-corrected chi connectivity index (χ0v) is 10.4. The first-order valence-electron chi connectivity index (χ1n) is 4.68. The Hall–Kier alpha value is -1.52. The van der Waals surface area contributed by atoms with Crippen molar-refractivity contribution in [2.75, 3.05) is 7.11 Å². The molecule has 0 aliphatic heterocycles. The maximum Gasteiger partial charge on any atom is 0.226 e. The average Bonchev–Trinajstić information content (AvgIpc) is 2.35. The molecule has 0 N–H and O–H groups in total. The highest BCUT2D eigenvalue weighted by Crippen LogP contribution is 2.34. The molecule has 2 rings (SSSR count). The van der Waals surface area contributed by atoms with Crippen molar-refractivity contribution in [3.8, 4) is 17.5 Å². The van der Waals surface area contributed by atoms with E-state index in [1.807, 2.05) is 0 Å². The zero-order valence-electron chi connectivity index (χ0n) is 8.85. The Bertz CT molecular complexity index is 535. The molecule has 17 heavy (non-hydrogen) atoms. The number of methoxy groups -OCH3 is 1. The predicted molar refractivity (Wildman–Crippen MR) is 65.1 cm³/mol. The lowest BCUT2D eigenvalue weighted by molar-refractivity contribution is 0.388. The number of ether oxygens (including phenoxy) is 2. The molecular weight excluding hydrogens is 263 g/mol. The van der Waals surface area contributed by atoms with Crippen LogP contribution in [-0.4, -0.2) is 17.1 Å². The van der Waals surface area contributed by atoms with Gasteiger partial charge < -0.3 is 9.47 Å². The van der Waals surface area contributed by atoms with Crippen LogP contribution in [0.15, 0.2) is 30.6 Å². The molecule has 88 valence electrons. The van der Waals surface area contributed by atoms with Gasteiger partial charge in [-0.3, -0.25) is 0 Å². The maximum atomic E-state index is 5.99. The molecule has 0 atom stereocenters. The molecule has 2 aromatic rings. The quantitative estimate of drug-likeness (QED) is 0.855. The number of aromatic nitrogens is 2. The van der Waals surface area contributed by atoms with E-state index in [2.05, 4.69) is 9.97 Å². The minimum atomic E-state index is 0.334. The van der Waals surface area contributed by atoms with Gasteiger partial charge in [-0.1, -0.05) is 29.3 Å². The Balaban J connectivity index is 2.28. The standard InChI is InChI=1S/C11H8Cl2N2O2/c1-16-9-5-10(15-6-14-9)17-8-4-2-3-7(12)11(8)13/h2-6H,1H3. The molecular formula is C11H8Cl2N2O2. The van der Waals surface area contributed by atoms with Gasteiger partial charge in [0.25, 0.3) is 0 Å². The first kappa shape index (κ1) is 12.0. The zero-order chi connectivity index (χ0) is 12.3. The van der Waals surface area contributed by atoms with Crippen LogP contribution in [0, 0.1) is 0 Å². The van der Waals surface area contributed by atoms with Crippen molar-refractivity contribution in [1.29, 1.82) is 0 Å². The highest BCUT2D eigenvalue weighted by molar-refractivity contribution is 6.42. The summed E-state index contributed by atoms with van der Waals surface area (Å²) in [6.45, 7) is 0. The molecule has 1 aromatic carbocycles. The first-order valence-corrected chi connectivity index (χ1v) is 5.44. The van der Waals surface area contributed by atoms with Crippen LogP contribution < -0.4 is 9.47 Å².